The van der Waals surface area contributed by atoms with E-state index in [9.17, 15) is 14.4 Å². The lowest BCUT2D eigenvalue weighted by molar-refractivity contribution is -0.169. The number of aromatic nitrogens is 2. The van der Waals surface area contributed by atoms with Crippen molar-refractivity contribution >= 4 is 24.1 Å². The molecule has 4 aromatic rings. The van der Waals surface area contributed by atoms with Crippen LogP contribution in [0.4, 0.5) is 9.59 Å². The molecule has 11 nitrogen and oxygen atoms in total. The summed E-state index contributed by atoms with van der Waals surface area (Å²) in [4.78, 5) is 41.3. The van der Waals surface area contributed by atoms with Crippen molar-refractivity contribution in [2.24, 2.45) is 7.05 Å². The maximum absolute atomic E-state index is 12.3. The third-order valence-corrected chi connectivity index (χ3v) is 7.99. The van der Waals surface area contributed by atoms with Gasteiger partial charge in [0.05, 0.1) is 5.69 Å². The van der Waals surface area contributed by atoms with Gasteiger partial charge < -0.3 is 23.5 Å². The molecule has 1 atom stereocenters. The summed E-state index contributed by atoms with van der Waals surface area (Å²) in [5, 5.41) is 10.7. The van der Waals surface area contributed by atoms with Crippen LogP contribution >= 0.6 is 0 Å². The summed E-state index contributed by atoms with van der Waals surface area (Å²) in [6.45, 7) is 1.62. The highest BCUT2D eigenvalue weighted by Gasteiger charge is 2.21. The maximum atomic E-state index is 12.3. The molecule has 1 saturated carbocycles. The van der Waals surface area contributed by atoms with E-state index in [-0.39, 0.29) is 25.0 Å². The lowest BCUT2D eigenvalue weighted by Gasteiger charge is -2.22. The molecule has 0 bridgehead atoms. The van der Waals surface area contributed by atoms with Crippen LogP contribution in [0.3, 0.4) is 0 Å². The van der Waals surface area contributed by atoms with Crippen LogP contribution in [0.15, 0.2) is 85.1 Å². The van der Waals surface area contributed by atoms with Crippen LogP contribution in [0.5, 0.6) is 0 Å². The van der Waals surface area contributed by atoms with Crippen LogP contribution in [-0.2, 0) is 43.8 Å². The second kappa shape index (κ2) is 16.4. The SMILES string of the molecule is CC(OC(=O)CCc1ccc(-c2nc(-c3ccc(C(=N)NC(=O)OCc4ccccc4)cc3)cn2C)cc1)OC(=O)OC1CCCCC1. The largest absolute Gasteiger partial charge is 0.511 e. The zero-order chi connectivity index (χ0) is 33.9. The Labute approximate surface area is 279 Å². The highest BCUT2D eigenvalue weighted by Crippen LogP contribution is 2.25. The number of nitrogens with zero attached hydrogens (tertiary/aromatic N) is 2. The van der Waals surface area contributed by atoms with Gasteiger partial charge in [0.1, 0.15) is 24.4 Å². The molecule has 0 aliphatic heterocycles. The normalized spacial score (nSPS) is 13.6. The molecular weight excluding hydrogens is 612 g/mol. The van der Waals surface area contributed by atoms with Crippen molar-refractivity contribution in [3.05, 3.63) is 102 Å². The molecule has 1 fully saturated rings. The summed E-state index contributed by atoms with van der Waals surface area (Å²) in [6.07, 6.45) is 4.75. The molecule has 1 aliphatic rings. The molecule has 5 rings (SSSR count). The van der Waals surface area contributed by atoms with Gasteiger partial charge in [-0.05, 0) is 43.2 Å². The lowest BCUT2D eigenvalue weighted by Crippen LogP contribution is -2.30. The Balaban J connectivity index is 1.08. The maximum Gasteiger partial charge on any atom is 0.511 e. The van der Waals surface area contributed by atoms with Gasteiger partial charge in [-0.2, -0.15) is 0 Å². The molecule has 1 heterocycles. The summed E-state index contributed by atoms with van der Waals surface area (Å²) in [7, 11) is 1.92. The van der Waals surface area contributed by atoms with Gasteiger partial charge in [-0.3, -0.25) is 15.5 Å². The van der Waals surface area contributed by atoms with Gasteiger partial charge in [-0.15, -0.1) is 0 Å². The van der Waals surface area contributed by atoms with E-state index < -0.39 is 24.5 Å². The number of esters is 1. The average molecular weight is 653 g/mol. The Morgan fingerprint density at radius 2 is 1.58 bits per heavy atom. The van der Waals surface area contributed by atoms with E-state index in [4.69, 9.17) is 29.3 Å². The van der Waals surface area contributed by atoms with E-state index in [0.717, 1.165) is 65.9 Å². The number of hydrogen-bond acceptors (Lipinski definition) is 9. The average Bonchev–Trinajstić information content (AvgIpc) is 3.48. The number of hydrogen-bond donors (Lipinski definition) is 2. The number of nitrogens with one attached hydrogen (secondary N) is 2. The standard InChI is InChI=1S/C37H40N4O7/c1-25(47-37(44)48-31-11-7-4-8-12-31)46-33(42)22-15-26-13-16-30(17-14-26)35-39-32(23-41(35)2)28-18-20-29(21-19-28)34(38)40-36(43)45-24-27-9-5-3-6-10-27/h3,5-6,9-10,13-14,16-21,23,25,31H,4,7-8,11-12,15,22,24H2,1-2H3,(H2,38,40,43). The molecule has 1 amide bonds. The molecule has 3 aromatic carbocycles. The first-order valence-corrected chi connectivity index (χ1v) is 16.1. The van der Waals surface area contributed by atoms with Gasteiger partial charge in [0, 0.05) is 43.3 Å². The lowest BCUT2D eigenvalue weighted by atomic mass is 9.98. The first kappa shape index (κ1) is 33.9. The summed E-state index contributed by atoms with van der Waals surface area (Å²) >= 11 is 0. The molecular formula is C37H40N4O7. The highest BCUT2D eigenvalue weighted by molar-refractivity contribution is 6.04. The molecule has 1 unspecified atom stereocenters. The van der Waals surface area contributed by atoms with Gasteiger partial charge in [0.15, 0.2) is 0 Å². The van der Waals surface area contributed by atoms with Crippen molar-refractivity contribution in [2.45, 2.75) is 70.9 Å². The third-order valence-electron chi connectivity index (χ3n) is 7.99. The minimum atomic E-state index is -1.03. The Morgan fingerprint density at radius 3 is 2.29 bits per heavy atom. The van der Waals surface area contributed by atoms with E-state index in [2.05, 4.69) is 5.32 Å². The predicted molar refractivity (Wildman–Crippen MR) is 179 cm³/mol. The van der Waals surface area contributed by atoms with Crippen LogP contribution in [0.2, 0.25) is 0 Å². The first-order chi connectivity index (χ1) is 23.2. The fraction of sp³-hybridized carbons (Fsp3) is 0.324. The number of carbonyl (C=O) groups is 3. The number of imidazole rings is 1. The Kier molecular flexibility index (Phi) is 11.6. The molecule has 48 heavy (non-hydrogen) atoms. The molecule has 2 N–H and O–H groups in total. The fourth-order valence-corrected chi connectivity index (χ4v) is 5.43. The van der Waals surface area contributed by atoms with Crippen molar-refractivity contribution < 1.29 is 33.3 Å². The number of alkyl carbamates (subject to hydrolysis) is 1. The number of amides is 1. The minimum absolute atomic E-state index is 0.0629. The van der Waals surface area contributed by atoms with Crippen LogP contribution < -0.4 is 5.32 Å². The van der Waals surface area contributed by atoms with Gasteiger partial charge in [-0.1, -0.05) is 85.3 Å². The van der Waals surface area contributed by atoms with Crippen LogP contribution in [0, 0.1) is 5.41 Å². The summed E-state index contributed by atoms with van der Waals surface area (Å²) in [5.41, 5.74) is 4.86. The molecule has 1 aliphatic carbocycles. The Bertz CT molecular complexity index is 1700. The Hall–Kier alpha value is -5.45. The van der Waals surface area contributed by atoms with Crippen molar-refractivity contribution in [1.29, 1.82) is 5.41 Å². The number of ether oxygens (including phenoxy) is 4. The van der Waals surface area contributed by atoms with E-state index in [1.165, 1.54) is 6.92 Å². The van der Waals surface area contributed by atoms with Crippen LogP contribution in [0.1, 0.15) is 62.1 Å². The quantitative estimate of drug-likeness (QED) is 0.0565. The molecule has 0 saturated heterocycles. The van der Waals surface area contributed by atoms with E-state index in [1.54, 1.807) is 12.1 Å². The fourth-order valence-electron chi connectivity index (χ4n) is 5.43. The van der Waals surface area contributed by atoms with E-state index in [1.807, 2.05) is 84.5 Å². The molecule has 250 valence electrons. The second-order valence-corrected chi connectivity index (χ2v) is 11.7. The minimum Gasteiger partial charge on any atom is -0.444 e. The van der Waals surface area contributed by atoms with Crippen molar-refractivity contribution in [2.75, 3.05) is 0 Å². The summed E-state index contributed by atoms with van der Waals surface area (Å²) < 4.78 is 22.8. The van der Waals surface area contributed by atoms with Crippen molar-refractivity contribution in [3.63, 3.8) is 0 Å². The molecule has 0 radical (unpaired) electrons. The zero-order valence-electron chi connectivity index (χ0n) is 27.1. The van der Waals surface area contributed by atoms with Crippen molar-refractivity contribution in [1.82, 2.24) is 14.9 Å². The predicted octanol–water partition coefficient (Wildman–Crippen LogP) is 7.31. The zero-order valence-corrected chi connectivity index (χ0v) is 27.1. The highest BCUT2D eigenvalue weighted by atomic mass is 16.8. The third kappa shape index (κ3) is 9.78. The first-order valence-electron chi connectivity index (χ1n) is 16.1. The van der Waals surface area contributed by atoms with E-state index in [0.29, 0.717) is 12.0 Å². The van der Waals surface area contributed by atoms with E-state index >= 15 is 0 Å². The van der Waals surface area contributed by atoms with Crippen LogP contribution in [-0.4, -0.2) is 46.0 Å². The van der Waals surface area contributed by atoms with Crippen molar-refractivity contribution in [3.8, 4) is 22.6 Å². The van der Waals surface area contributed by atoms with Gasteiger partial charge in [0.25, 0.3) is 0 Å². The second-order valence-electron chi connectivity index (χ2n) is 11.7. The summed E-state index contributed by atoms with van der Waals surface area (Å²) in [6, 6.07) is 24.3. The van der Waals surface area contributed by atoms with Gasteiger partial charge in [0.2, 0.25) is 6.29 Å². The van der Waals surface area contributed by atoms with Gasteiger partial charge in [-0.25, -0.2) is 14.6 Å². The van der Waals surface area contributed by atoms with Crippen LogP contribution in [0.25, 0.3) is 22.6 Å². The summed E-state index contributed by atoms with van der Waals surface area (Å²) in [5.74, 6) is 0.236. The van der Waals surface area contributed by atoms with Gasteiger partial charge >= 0.3 is 18.2 Å². The number of aryl methyl sites for hydroxylation is 2. The smallest absolute Gasteiger partial charge is 0.444 e. The number of carbonyl (C=O) groups excluding carboxylic acids is 3. The monoisotopic (exact) mass is 652 g/mol. The molecule has 11 heteroatoms. The number of benzene rings is 3. The number of rotatable bonds is 11. The molecule has 0 spiro atoms. The molecule has 1 aromatic heterocycles. The topological polar surface area (TPSA) is 142 Å². The Morgan fingerprint density at radius 1 is 0.896 bits per heavy atom. The number of amidine groups is 1.